The van der Waals surface area contributed by atoms with Gasteiger partial charge in [0.25, 0.3) is 0 Å². The Labute approximate surface area is 157 Å². The zero-order valence-corrected chi connectivity index (χ0v) is 16.6. The third kappa shape index (κ3) is 6.66. The largest absolute Gasteiger partial charge is 0.357 e. The lowest BCUT2D eigenvalue weighted by Gasteiger charge is -2.12. The van der Waals surface area contributed by atoms with E-state index in [-0.39, 0.29) is 5.82 Å². The lowest BCUT2D eigenvalue weighted by Crippen LogP contribution is -2.38. The van der Waals surface area contributed by atoms with E-state index < -0.39 is 0 Å². The Bertz CT molecular complexity index is 700. The van der Waals surface area contributed by atoms with E-state index in [4.69, 9.17) is 0 Å². The Balaban J connectivity index is 1.96. The molecule has 0 atom stereocenters. The molecule has 1 aromatic heterocycles. The van der Waals surface area contributed by atoms with Crippen molar-refractivity contribution < 1.29 is 4.39 Å². The summed E-state index contributed by atoms with van der Waals surface area (Å²) in [6.45, 7) is 6.15. The van der Waals surface area contributed by atoms with Crippen molar-refractivity contribution >= 4 is 29.1 Å². The number of thioether (sulfide) groups is 1. The first-order valence-electron chi connectivity index (χ1n) is 8.31. The molecule has 0 radical (unpaired) electrons. The van der Waals surface area contributed by atoms with Crippen LogP contribution >= 0.6 is 23.1 Å². The molecule has 136 valence electrons. The molecule has 0 saturated carbocycles. The van der Waals surface area contributed by atoms with Gasteiger partial charge < -0.3 is 10.6 Å². The molecule has 2 aromatic rings. The predicted octanol–water partition coefficient (Wildman–Crippen LogP) is 3.75. The van der Waals surface area contributed by atoms with Gasteiger partial charge in [0.15, 0.2) is 5.96 Å². The molecule has 0 aliphatic carbocycles. The highest BCUT2D eigenvalue weighted by Crippen LogP contribution is 2.17. The SMILES string of the molecule is CCNC(=NCc1ccc(F)cc1CSC)NCCc1csc(C)n1. The van der Waals surface area contributed by atoms with Gasteiger partial charge in [-0.25, -0.2) is 14.4 Å². The van der Waals surface area contributed by atoms with Crippen LogP contribution in [0.3, 0.4) is 0 Å². The van der Waals surface area contributed by atoms with Crippen LogP contribution in [0.1, 0.15) is 28.8 Å². The van der Waals surface area contributed by atoms with Crippen LogP contribution in [0.25, 0.3) is 0 Å². The molecule has 25 heavy (non-hydrogen) atoms. The van der Waals surface area contributed by atoms with Crippen LogP contribution in [-0.2, 0) is 18.7 Å². The zero-order chi connectivity index (χ0) is 18.1. The fourth-order valence-electron chi connectivity index (χ4n) is 2.38. The predicted molar refractivity (Wildman–Crippen MR) is 107 cm³/mol. The van der Waals surface area contributed by atoms with Crippen molar-refractivity contribution in [3.8, 4) is 0 Å². The summed E-state index contributed by atoms with van der Waals surface area (Å²) in [4.78, 5) is 9.11. The molecule has 0 spiro atoms. The van der Waals surface area contributed by atoms with Crippen LogP contribution < -0.4 is 10.6 Å². The summed E-state index contributed by atoms with van der Waals surface area (Å²) in [5.74, 6) is 1.37. The number of nitrogens with one attached hydrogen (secondary N) is 2. The molecular weight excluding hydrogens is 355 g/mol. The van der Waals surface area contributed by atoms with E-state index in [0.717, 1.165) is 53.1 Å². The van der Waals surface area contributed by atoms with Gasteiger partial charge in [0.2, 0.25) is 0 Å². The zero-order valence-electron chi connectivity index (χ0n) is 14.9. The average Bonchev–Trinajstić information content (AvgIpc) is 2.99. The first-order valence-corrected chi connectivity index (χ1v) is 10.6. The summed E-state index contributed by atoms with van der Waals surface area (Å²) < 4.78 is 13.4. The van der Waals surface area contributed by atoms with Crippen LogP contribution in [0.2, 0.25) is 0 Å². The average molecular weight is 381 g/mol. The van der Waals surface area contributed by atoms with Crippen molar-refractivity contribution in [2.24, 2.45) is 4.99 Å². The minimum absolute atomic E-state index is 0.194. The molecule has 0 aliphatic heterocycles. The summed E-state index contributed by atoms with van der Waals surface area (Å²) in [6.07, 6.45) is 2.88. The van der Waals surface area contributed by atoms with E-state index in [1.165, 1.54) is 6.07 Å². The minimum atomic E-state index is -0.194. The second kappa shape index (κ2) is 10.4. The first-order chi connectivity index (χ1) is 12.1. The first kappa shape index (κ1) is 19.7. The summed E-state index contributed by atoms with van der Waals surface area (Å²) in [6, 6.07) is 4.93. The molecule has 2 rings (SSSR count). The highest BCUT2D eigenvalue weighted by Gasteiger charge is 2.05. The van der Waals surface area contributed by atoms with E-state index in [9.17, 15) is 4.39 Å². The fraction of sp³-hybridized carbons (Fsp3) is 0.444. The highest BCUT2D eigenvalue weighted by molar-refractivity contribution is 7.97. The number of rotatable bonds is 8. The number of halogens is 1. The maximum Gasteiger partial charge on any atom is 0.191 e. The Morgan fingerprint density at radius 1 is 1.32 bits per heavy atom. The number of hydrogen-bond donors (Lipinski definition) is 2. The summed E-state index contributed by atoms with van der Waals surface area (Å²) >= 11 is 3.35. The lowest BCUT2D eigenvalue weighted by atomic mass is 10.1. The van der Waals surface area contributed by atoms with Gasteiger partial charge in [-0.05, 0) is 43.4 Å². The van der Waals surface area contributed by atoms with Crippen LogP contribution in [0.5, 0.6) is 0 Å². The van der Waals surface area contributed by atoms with E-state index in [1.807, 2.05) is 26.2 Å². The fourth-order valence-corrected chi connectivity index (χ4v) is 3.60. The van der Waals surface area contributed by atoms with Gasteiger partial charge >= 0.3 is 0 Å². The Kier molecular flexibility index (Phi) is 8.21. The summed E-state index contributed by atoms with van der Waals surface area (Å²) in [5, 5.41) is 9.77. The number of benzene rings is 1. The van der Waals surface area contributed by atoms with Crippen molar-refractivity contribution in [2.75, 3.05) is 19.3 Å². The van der Waals surface area contributed by atoms with Crippen molar-refractivity contribution in [3.63, 3.8) is 0 Å². The second-order valence-electron chi connectivity index (χ2n) is 5.58. The van der Waals surface area contributed by atoms with Gasteiger partial charge in [0, 0.05) is 30.6 Å². The smallest absolute Gasteiger partial charge is 0.191 e. The van der Waals surface area contributed by atoms with Crippen LogP contribution in [-0.4, -0.2) is 30.3 Å². The number of nitrogens with zero attached hydrogens (tertiary/aromatic N) is 2. The number of guanidine groups is 1. The minimum Gasteiger partial charge on any atom is -0.357 e. The van der Waals surface area contributed by atoms with E-state index in [2.05, 4.69) is 26.0 Å². The maximum absolute atomic E-state index is 13.4. The molecule has 1 heterocycles. The van der Waals surface area contributed by atoms with E-state index in [0.29, 0.717) is 6.54 Å². The topological polar surface area (TPSA) is 49.3 Å². The lowest BCUT2D eigenvalue weighted by molar-refractivity contribution is 0.625. The van der Waals surface area contributed by atoms with Gasteiger partial charge in [0.05, 0.1) is 17.2 Å². The molecule has 2 N–H and O–H groups in total. The molecule has 0 saturated heterocycles. The molecule has 0 unspecified atom stereocenters. The van der Waals surface area contributed by atoms with Gasteiger partial charge in [-0.3, -0.25) is 0 Å². The molecule has 0 bridgehead atoms. The van der Waals surface area contributed by atoms with E-state index in [1.54, 1.807) is 29.2 Å². The molecule has 0 aliphatic rings. The third-order valence-electron chi connectivity index (χ3n) is 3.56. The number of aryl methyl sites for hydroxylation is 1. The molecule has 0 fully saturated rings. The van der Waals surface area contributed by atoms with Crippen molar-refractivity contribution in [2.45, 2.75) is 32.6 Å². The number of aromatic nitrogens is 1. The molecule has 1 aromatic carbocycles. The van der Waals surface area contributed by atoms with Crippen molar-refractivity contribution in [1.29, 1.82) is 0 Å². The van der Waals surface area contributed by atoms with Crippen LogP contribution in [0, 0.1) is 12.7 Å². The summed E-state index contributed by atoms with van der Waals surface area (Å²) in [7, 11) is 0. The normalized spacial score (nSPS) is 11.6. The van der Waals surface area contributed by atoms with Gasteiger partial charge in [0.1, 0.15) is 5.82 Å². The Hall–Kier alpha value is -1.60. The molecule has 4 nitrogen and oxygen atoms in total. The Morgan fingerprint density at radius 3 is 2.84 bits per heavy atom. The van der Waals surface area contributed by atoms with Crippen LogP contribution in [0.15, 0.2) is 28.6 Å². The third-order valence-corrected chi connectivity index (χ3v) is 4.98. The van der Waals surface area contributed by atoms with Crippen molar-refractivity contribution in [1.82, 2.24) is 15.6 Å². The van der Waals surface area contributed by atoms with Gasteiger partial charge in [-0.2, -0.15) is 11.8 Å². The number of thiazole rings is 1. The van der Waals surface area contributed by atoms with Crippen LogP contribution in [0.4, 0.5) is 4.39 Å². The second-order valence-corrected chi connectivity index (χ2v) is 7.50. The maximum atomic E-state index is 13.4. The molecule has 0 amide bonds. The summed E-state index contributed by atoms with van der Waals surface area (Å²) in [5.41, 5.74) is 3.17. The van der Waals surface area contributed by atoms with Gasteiger partial charge in [-0.1, -0.05) is 6.07 Å². The van der Waals surface area contributed by atoms with Gasteiger partial charge in [-0.15, -0.1) is 11.3 Å². The number of aliphatic imine (C=N–C) groups is 1. The highest BCUT2D eigenvalue weighted by atomic mass is 32.2. The molecular formula is C18H25FN4S2. The molecule has 7 heteroatoms. The monoisotopic (exact) mass is 380 g/mol. The Morgan fingerprint density at radius 2 is 2.16 bits per heavy atom. The standard InChI is InChI=1S/C18H25FN4S2/c1-4-20-18(21-8-7-17-12-25-13(2)23-17)22-10-14-5-6-16(19)9-15(14)11-24-3/h5-6,9,12H,4,7-8,10-11H2,1-3H3,(H2,20,21,22). The number of hydrogen-bond acceptors (Lipinski definition) is 4. The quantitative estimate of drug-likeness (QED) is 0.541. The van der Waals surface area contributed by atoms with Crippen molar-refractivity contribution in [3.05, 3.63) is 51.2 Å². The van der Waals surface area contributed by atoms with E-state index >= 15 is 0 Å².